The Balaban J connectivity index is 0.00000182. The van der Waals surface area contributed by atoms with Gasteiger partial charge in [-0.25, -0.2) is 0 Å². The van der Waals surface area contributed by atoms with Crippen molar-refractivity contribution in [2.24, 2.45) is 5.92 Å². The second-order valence-corrected chi connectivity index (χ2v) is 6.13. The normalized spacial score (nSPS) is 17.3. The van der Waals surface area contributed by atoms with E-state index in [0.29, 0.717) is 37.8 Å². The van der Waals surface area contributed by atoms with Crippen molar-refractivity contribution in [3.8, 4) is 0 Å². The van der Waals surface area contributed by atoms with Crippen LogP contribution in [0, 0.1) is 5.92 Å². The Bertz CT molecular complexity index is 796. The fraction of sp³-hybridized carbons (Fsp3) is 0.467. The predicted octanol–water partition coefficient (Wildman–Crippen LogP) is -1.62. The van der Waals surface area contributed by atoms with Gasteiger partial charge >= 0.3 is 58.2 Å². The summed E-state index contributed by atoms with van der Waals surface area (Å²) in [6.45, 7) is 2.29. The predicted molar refractivity (Wildman–Crippen MR) is 87.8 cm³/mol. The van der Waals surface area contributed by atoms with Crippen LogP contribution in [0.25, 0.3) is 11.4 Å². The maximum atomic E-state index is 11.9. The zero-order valence-electron chi connectivity index (χ0n) is 14.1. The van der Waals surface area contributed by atoms with Crippen molar-refractivity contribution in [2.75, 3.05) is 36.4 Å². The number of anilines is 2. The minimum absolute atomic E-state index is 0. The molecule has 0 unspecified atom stereocenters. The van der Waals surface area contributed by atoms with E-state index >= 15 is 0 Å². The molecule has 126 valence electrons. The molecule has 2 aromatic heterocycles. The summed E-state index contributed by atoms with van der Waals surface area (Å²) < 4.78 is 1.71. The van der Waals surface area contributed by atoms with Gasteiger partial charge < -0.3 is 15.5 Å². The SMILES string of the molecule is [NH-]C(=O)N1CCN(c2cccc3nc(NC(=O)C4CC4)nn23)CC1.[Rb+]. The zero-order chi connectivity index (χ0) is 16.7. The topological polar surface area (TPSA) is 107 Å². The molecule has 0 spiro atoms. The fourth-order valence-electron chi connectivity index (χ4n) is 2.88. The average molecular weight is 414 g/mol. The molecule has 2 aromatic rings. The molecule has 9 nitrogen and oxygen atoms in total. The number of hydrogen-bond acceptors (Lipinski definition) is 5. The number of piperazine rings is 1. The average Bonchev–Trinajstić information content (AvgIpc) is 3.35. The van der Waals surface area contributed by atoms with Crippen LogP contribution < -0.4 is 68.4 Å². The Kier molecular flexibility index (Phi) is 5.76. The van der Waals surface area contributed by atoms with Crippen molar-refractivity contribution < 1.29 is 67.8 Å². The second-order valence-electron chi connectivity index (χ2n) is 6.13. The molecule has 1 aliphatic heterocycles. The van der Waals surface area contributed by atoms with Gasteiger partial charge in [0.15, 0.2) is 11.7 Å². The molecule has 4 rings (SSSR count). The molecule has 0 bridgehead atoms. The third-order valence-corrected chi connectivity index (χ3v) is 4.41. The molecule has 0 aromatic carbocycles. The minimum atomic E-state index is -0.640. The van der Waals surface area contributed by atoms with Crippen LogP contribution in [-0.2, 0) is 4.79 Å². The number of nitrogens with zero attached hydrogens (tertiary/aromatic N) is 5. The number of aromatic nitrogens is 3. The van der Waals surface area contributed by atoms with Crippen LogP contribution in [0.5, 0.6) is 0 Å². The van der Waals surface area contributed by atoms with Gasteiger partial charge in [-0.2, -0.15) is 9.50 Å². The van der Waals surface area contributed by atoms with Crippen molar-refractivity contribution in [1.29, 1.82) is 0 Å². The molecule has 1 saturated carbocycles. The van der Waals surface area contributed by atoms with Crippen molar-refractivity contribution >= 4 is 29.4 Å². The van der Waals surface area contributed by atoms with E-state index in [4.69, 9.17) is 5.73 Å². The van der Waals surface area contributed by atoms with Gasteiger partial charge in [0.05, 0.1) is 0 Å². The molecule has 25 heavy (non-hydrogen) atoms. The molecule has 0 atom stereocenters. The molecule has 1 saturated heterocycles. The van der Waals surface area contributed by atoms with Crippen LogP contribution in [0.15, 0.2) is 18.2 Å². The number of urea groups is 1. The number of rotatable bonds is 3. The molecule has 2 fully saturated rings. The third kappa shape index (κ3) is 4.04. The quantitative estimate of drug-likeness (QED) is 0.650. The van der Waals surface area contributed by atoms with E-state index in [1.807, 2.05) is 18.2 Å². The van der Waals surface area contributed by atoms with Crippen LogP contribution in [0.1, 0.15) is 12.8 Å². The maximum absolute atomic E-state index is 11.9. The summed E-state index contributed by atoms with van der Waals surface area (Å²) in [5, 5.41) is 7.17. The molecule has 10 heteroatoms. The largest absolute Gasteiger partial charge is 1.00 e. The van der Waals surface area contributed by atoms with Crippen molar-refractivity contribution in [2.45, 2.75) is 12.8 Å². The third-order valence-electron chi connectivity index (χ3n) is 4.41. The first-order chi connectivity index (χ1) is 11.6. The van der Waals surface area contributed by atoms with Crippen LogP contribution in [0.4, 0.5) is 16.6 Å². The van der Waals surface area contributed by atoms with E-state index in [2.05, 4.69) is 20.3 Å². The van der Waals surface area contributed by atoms with Crippen LogP contribution >= 0.6 is 0 Å². The van der Waals surface area contributed by atoms with Crippen molar-refractivity contribution in [3.05, 3.63) is 23.9 Å². The summed E-state index contributed by atoms with van der Waals surface area (Å²) in [5.41, 5.74) is 7.85. The smallest absolute Gasteiger partial charge is 0.447 e. The Hall–Kier alpha value is -1.03. The molecular weight excluding hydrogens is 396 g/mol. The summed E-state index contributed by atoms with van der Waals surface area (Å²) in [5.74, 6) is 1.27. The minimum Gasteiger partial charge on any atom is -0.447 e. The van der Waals surface area contributed by atoms with Crippen LogP contribution in [0.3, 0.4) is 0 Å². The summed E-state index contributed by atoms with van der Waals surface area (Å²) in [7, 11) is 0. The van der Waals surface area contributed by atoms with Crippen LogP contribution in [-0.4, -0.2) is 57.6 Å². The molecule has 2 aliphatic rings. The number of nitrogens with one attached hydrogen (secondary N) is 2. The number of carbonyl (C=O) groups excluding carboxylic acids is 2. The van der Waals surface area contributed by atoms with Gasteiger partial charge in [-0.05, 0) is 38.1 Å². The molecule has 3 amide bonds. The summed E-state index contributed by atoms with van der Waals surface area (Å²) in [4.78, 5) is 31.0. The number of amides is 3. The number of pyridine rings is 1. The monoisotopic (exact) mass is 413 g/mol. The number of fused-ring (bicyclic) bond motifs is 1. The van der Waals surface area contributed by atoms with E-state index in [-0.39, 0.29) is 70.0 Å². The first-order valence-electron chi connectivity index (χ1n) is 8.04. The Morgan fingerprint density at radius 3 is 2.52 bits per heavy atom. The molecular formula is C15H18N7O2Rb. The molecule has 2 N–H and O–H groups in total. The summed E-state index contributed by atoms with van der Waals surface area (Å²) >= 11 is 0. The van der Waals surface area contributed by atoms with Gasteiger partial charge in [-0.1, -0.05) is 6.07 Å². The van der Waals surface area contributed by atoms with Crippen LogP contribution in [0.2, 0.25) is 0 Å². The van der Waals surface area contributed by atoms with Gasteiger partial charge in [-0.3, -0.25) is 14.9 Å². The summed E-state index contributed by atoms with van der Waals surface area (Å²) in [6.07, 6.45) is 1.87. The van der Waals surface area contributed by atoms with Gasteiger partial charge in [0.2, 0.25) is 11.9 Å². The van der Waals surface area contributed by atoms with Gasteiger partial charge in [0, 0.05) is 19.0 Å². The Labute approximate surface area is 193 Å². The molecule has 3 heterocycles. The van der Waals surface area contributed by atoms with Crippen molar-refractivity contribution in [1.82, 2.24) is 19.5 Å². The van der Waals surface area contributed by atoms with E-state index in [9.17, 15) is 9.59 Å². The second kappa shape index (κ2) is 7.69. The molecule has 1 aliphatic carbocycles. The maximum Gasteiger partial charge on any atom is 1.00 e. The summed E-state index contributed by atoms with van der Waals surface area (Å²) in [6, 6.07) is 5.03. The number of carbonyl (C=O) groups is 2. The first-order valence-corrected chi connectivity index (χ1v) is 8.04. The zero-order valence-corrected chi connectivity index (χ0v) is 19.0. The van der Waals surface area contributed by atoms with Gasteiger partial charge in [0.25, 0.3) is 0 Å². The van der Waals surface area contributed by atoms with E-state index < -0.39 is 6.03 Å². The fourth-order valence-corrected chi connectivity index (χ4v) is 2.88. The molecule has 0 radical (unpaired) electrons. The first kappa shape index (κ1) is 18.7. The van der Waals surface area contributed by atoms with E-state index in [1.165, 1.54) is 4.90 Å². The van der Waals surface area contributed by atoms with Crippen molar-refractivity contribution in [3.63, 3.8) is 0 Å². The Morgan fingerprint density at radius 2 is 1.88 bits per heavy atom. The number of hydrogen-bond donors (Lipinski definition) is 1. The van der Waals surface area contributed by atoms with E-state index in [1.54, 1.807) is 4.52 Å². The standard InChI is InChI=1S/C15H19N7O2.Rb/c16-14(24)21-8-6-20(7-9-21)12-3-1-2-11-17-15(19-22(11)12)18-13(23)10-4-5-10;/h1-3,10H,4-9H2,(H3,16,18,19,23,24);/q;+1/p-1. The van der Waals surface area contributed by atoms with Gasteiger partial charge in [0.1, 0.15) is 5.82 Å². The van der Waals surface area contributed by atoms with Gasteiger partial charge in [-0.15, -0.1) is 5.10 Å². The Morgan fingerprint density at radius 1 is 1.16 bits per heavy atom. The van der Waals surface area contributed by atoms with E-state index in [0.717, 1.165) is 18.7 Å².